The van der Waals surface area contributed by atoms with Gasteiger partial charge >= 0.3 is 0 Å². The normalized spacial score (nSPS) is 11.3. The zero-order valence-corrected chi connectivity index (χ0v) is 12.5. The van der Waals surface area contributed by atoms with Gasteiger partial charge < -0.3 is 4.42 Å². The maximum absolute atomic E-state index is 6.06. The van der Waals surface area contributed by atoms with Crippen LogP contribution in [0.5, 0.6) is 0 Å². The molecule has 104 valence electrons. The Morgan fingerprint density at radius 1 is 1.10 bits per heavy atom. The van der Waals surface area contributed by atoms with Crippen LogP contribution < -0.4 is 0 Å². The molecule has 0 aliphatic carbocycles. The van der Waals surface area contributed by atoms with Crippen molar-refractivity contribution < 1.29 is 4.42 Å². The molecule has 0 aliphatic rings. The Balaban J connectivity index is 2.19. The molecule has 2 heteroatoms. The molecule has 3 rings (SSSR count). The van der Waals surface area contributed by atoms with Crippen LogP contribution in [0.2, 0.25) is 5.02 Å². The van der Waals surface area contributed by atoms with Gasteiger partial charge in [-0.25, -0.2) is 0 Å². The predicted molar refractivity (Wildman–Crippen MR) is 91.5 cm³/mol. The molecule has 0 atom stereocenters. The summed E-state index contributed by atoms with van der Waals surface area (Å²) >= 11 is 6.06. The number of halogens is 1. The summed E-state index contributed by atoms with van der Waals surface area (Å²) in [5, 5.41) is 1.80. The van der Waals surface area contributed by atoms with Crippen molar-refractivity contribution in [1.82, 2.24) is 0 Å². The Morgan fingerprint density at radius 2 is 1.90 bits per heavy atom. The number of benzene rings is 2. The van der Waals surface area contributed by atoms with E-state index < -0.39 is 0 Å². The van der Waals surface area contributed by atoms with E-state index in [0.29, 0.717) is 0 Å². The Kier molecular flexibility index (Phi) is 3.68. The van der Waals surface area contributed by atoms with Gasteiger partial charge in [-0.15, -0.1) is 0 Å². The van der Waals surface area contributed by atoms with E-state index in [4.69, 9.17) is 16.0 Å². The van der Waals surface area contributed by atoms with Crippen molar-refractivity contribution in [2.45, 2.75) is 6.92 Å². The quantitative estimate of drug-likeness (QED) is 0.542. The molecule has 0 amide bonds. The van der Waals surface area contributed by atoms with Crippen LogP contribution in [0.1, 0.15) is 18.2 Å². The van der Waals surface area contributed by atoms with Crippen molar-refractivity contribution in [1.29, 1.82) is 0 Å². The van der Waals surface area contributed by atoms with Crippen LogP contribution in [0.4, 0.5) is 0 Å². The molecule has 1 nitrogen and oxygen atoms in total. The molecule has 0 spiro atoms. The molecule has 0 saturated carbocycles. The van der Waals surface area contributed by atoms with Gasteiger partial charge in [-0.05, 0) is 48.4 Å². The molecular formula is C19H15ClO. The number of fused-ring (bicyclic) bond motifs is 1. The lowest BCUT2D eigenvalue weighted by Gasteiger charge is -2.02. The third-order valence-corrected chi connectivity index (χ3v) is 3.67. The molecule has 1 aromatic heterocycles. The summed E-state index contributed by atoms with van der Waals surface area (Å²) in [5.74, 6) is 0.839. The number of hydrogen-bond acceptors (Lipinski definition) is 1. The molecule has 0 radical (unpaired) electrons. The molecule has 0 N–H and O–H groups in total. The standard InChI is InChI=1S/C19H15ClO/c1-3-6-18-16(4-2)17-10-9-14(12-19(17)21-18)13-7-5-8-15(20)11-13/h3-12H,2H2,1H3/b6-3-. The molecule has 0 saturated heterocycles. The van der Waals surface area contributed by atoms with Gasteiger partial charge in [-0.2, -0.15) is 0 Å². The topological polar surface area (TPSA) is 13.1 Å². The molecule has 21 heavy (non-hydrogen) atoms. The van der Waals surface area contributed by atoms with Gasteiger partial charge in [0.15, 0.2) is 0 Å². The molecular weight excluding hydrogens is 280 g/mol. The largest absolute Gasteiger partial charge is 0.456 e. The fraction of sp³-hybridized carbons (Fsp3) is 0.0526. The second-order valence-electron chi connectivity index (χ2n) is 4.81. The first-order valence-corrected chi connectivity index (χ1v) is 7.18. The molecule has 0 bridgehead atoms. The first-order valence-electron chi connectivity index (χ1n) is 6.80. The fourth-order valence-corrected chi connectivity index (χ4v) is 2.66. The average Bonchev–Trinajstić information content (AvgIpc) is 2.83. The first-order chi connectivity index (χ1) is 10.2. The highest BCUT2D eigenvalue weighted by molar-refractivity contribution is 6.30. The maximum Gasteiger partial charge on any atom is 0.136 e. The van der Waals surface area contributed by atoms with Crippen LogP contribution in [-0.2, 0) is 0 Å². The van der Waals surface area contributed by atoms with E-state index in [1.54, 1.807) is 0 Å². The van der Waals surface area contributed by atoms with Crippen molar-refractivity contribution in [2.75, 3.05) is 0 Å². The lowest BCUT2D eigenvalue weighted by molar-refractivity contribution is 0.603. The van der Waals surface area contributed by atoms with E-state index in [-0.39, 0.29) is 0 Å². The Hall–Kier alpha value is -2.25. The monoisotopic (exact) mass is 294 g/mol. The Morgan fingerprint density at radius 3 is 2.62 bits per heavy atom. The third-order valence-electron chi connectivity index (χ3n) is 3.44. The molecule has 0 fully saturated rings. The zero-order valence-electron chi connectivity index (χ0n) is 11.8. The third kappa shape index (κ3) is 2.53. The van der Waals surface area contributed by atoms with Gasteiger partial charge in [-0.1, -0.05) is 48.5 Å². The molecule has 0 aliphatic heterocycles. The first kappa shape index (κ1) is 13.7. The highest BCUT2D eigenvalue weighted by atomic mass is 35.5. The zero-order chi connectivity index (χ0) is 14.8. The summed E-state index contributed by atoms with van der Waals surface area (Å²) < 4.78 is 5.93. The summed E-state index contributed by atoms with van der Waals surface area (Å²) in [6.07, 6.45) is 5.75. The summed E-state index contributed by atoms with van der Waals surface area (Å²) in [4.78, 5) is 0. The van der Waals surface area contributed by atoms with Gasteiger partial charge in [0, 0.05) is 16.0 Å². The smallest absolute Gasteiger partial charge is 0.136 e. The number of furan rings is 1. The Labute approximate surface area is 129 Å². The number of hydrogen-bond donors (Lipinski definition) is 0. The second-order valence-corrected chi connectivity index (χ2v) is 5.24. The molecule has 2 aromatic carbocycles. The highest BCUT2D eigenvalue weighted by Gasteiger charge is 2.10. The van der Waals surface area contributed by atoms with E-state index in [9.17, 15) is 0 Å². The van der Waals surface area contributed by atoms with Crippen LogP contribution in [0, 0.1) is 0 Å². The van der Waals surface area contributed by atoms with Gasteiger partial charge in [0.2, 0.25) is 0 Å². The van der Waals surface area contributed by atoms with Crippen LogP contribution in [-0.4, -0.2) is 0 Å². The van der Waals surface area contributed by atoms with E-state index in [0.717, 1.165) is 38.4 Å². The minimum absolute atomic E-state index is 0.730. The van der Waals surface area contributed by atoms with Crippen molar-refractivity contribution in [3.63, 3.8) is 0 Å². The summed E-state index contributed by atoms with van der Waals surface area (Å²) in [6, 6.07) is 14.0. The minimum Gasteiger partial charge on any atom is -0.456 e. The summed E-state index contributed by atoms with van der Waals surface area (Å²) in [6.45, 7) is 5.85. The van der Waals surface area contributed by atoms with Gasteiger partial charge in [0.05, 0.1) is 0 Å². The van der Waals surface area contributed by atoms with Crippen molar-refractivity contribution in [2.24, 2.45) is 0 Å². The van der Waals surface area contributed by atoms with Crippen LogP contribution in [0.15, 0.2) is 59.5 Å². The average molecular weight is 295 g/mol. The van der Waals surface area contributed by atoms with Crippen LogP contribution in [0.3, 0.4) is 0 Å². The fourth-order valence-electron chi connectivity index (χ4n) is 2.47. The van der Waals surface area contributed by atoms with Crippen molar-refractivity contribution >= 4 is 34.7 Å². The minimum atomic E-state index is 0.730. The summed E-state index contributed by atoms with van der Waals surface area (Å²) in [5.41, 5.74) is 4.05. The van der Waals surface area contributed by atoms with Crippen molar-refractivity contribution in [3.8, 4) is 11.1 Å². The number of allylic oxidation sites excluding steroid dienone is 1. The van der Waals surface area contributed by atoms with Gasteiger partial charge in [0.25, 0.3) is 0 Å². The van der Waals surface area contributed by atoms with E-state index in [1.165, 1.54) is 0 Å². The van der Waals surface area contributed by atoms with E-state index >= 15 is 0 Å². The van der Waals surface area contributed by atoms with Crippen LogP contribution in [0.25, 0.3) is 34.2 Å². The molecule has 1 heterocycles. The second kappa shape index (κ2) is 5.63. The predicted octanol–water partition coefficient (Wildman–Crippen LogP) is 6.43. The molecule has 0 unspecified atom stereocenters. The summed E-state index contributed by atoms with van der Waals surface area (Å²) in [7, 11) is 0. The van der Waals surface area contributed by atoms with Gasteiger partial charge in [0.1, 0.15) is 11.3 Å². The molecule has 3 aromatic rings. The van der Waals surface area contributed by atoms with E-state index in [1.807, 2.05) is 55.5 Å². The van der Waals surface area contributed by atoms with Gasteiger partial charge in [-0.3, -0.25) is 0 Å². The van der Waals surface area contributed by atoms with Crippen LogP contribution >= 0.6 is 11.6 Å². The lowest BCUT2D eigenvalue weighted by Crippen LogP contribution is -1.78. The lowest BCUT2D eigenvalue weighted by atomic mass is 10.0. The highest BCUT2D eigenvalue weighted by Crippen LogP contribution is 2.32. The van der Waals surface area contributed by atoms with Crippen molar-refractivity contribution in [3.05, 3.63) is 71.5 Å². The van der Waals surface area contributed by atoms with E-state index in [2.05, 4.69) is 18.7 Å². The Bertz CT molecular complexity index is 840. The maximum atomic E-state index is 6.06. The SMILES string of the molecule is C=Cc1c(/C=C\C)oc2cc(-c3cccc(Cl)c3)ccc12. The number of rotatable bonds is 3.